The molecular formula is C29H31N3O5S. The summed E-state index contributed by atoms with van der Waals surface area (Å²) in [6.45, 7) is 2.84. The van der Waals surface area contributed by atoms with Crippen LogP contribution in [0.2, 0.25) is 0 Å². The predicted molar refractivity (Wildman–Crippen MR) is 151 cm³/mol. The summed E-state index contributed by atoms with van der Waals surface area (Å²) in [5.74, 6) is 1.34. The van der Waals surface area contributed by atoms with E-state index in [1.54, 1.807) is 43.4 Å². The van der Waals surface area contributed by atoms with Gasteiger partial charge in [0, 0.05) is 12.2 Å². The van der Waals surface area contributed by atoms with Crippen LogP contribution in [0.3, 0.4) is 0 Å². The minimum Gasteiger partial charge on any atom is -0.494 e. The van der Waals surface area contributed by atoms with Crippen molar-refractivity contribution in [3.8, 4) is 17.2 Å². The van der Waals surface area contributed by atoms with Crippen molar-refractivity contribution in [2.24, 2.45) is 0 Å². The van der Waals surface area contributed by atoms with Crippen molar-refractivity contribution in [3.63, 3.8) is 0 Å². The summed E-state index contributed by atoms with van der Waals surface area (Å²) in [4.78, 5) is 29.7. The molecule has 8 nitrogen and oxygen atoms in total. The van der Waals surface area contributed by atoms with Crippen LogP contribution >= 0.6 is 12.2 Å². The Bertz CT molecular complexity index is 1280. The minimum absolute atomic E-state index is 0.0224. The highest BCUT2D eigenvalue weighted by Crippen LogP contribution is 2.30. The quantitative estimate of drug-likeness (QED) is 0.297. The molecule has 1 heterocycles. The van der Waals surface area contributed by atoms with Crippen molar-refractivity contribution in [3.05, 3.63) is 78.4 Å². The van der Waals surface area contributed by atoms with Crippen LogP contribution in [0.25, 0.3) is 0 Å². The normalized spacial score (nSPS) is 14.8. The number of carbonyl (C=O) groups excluding carboxylic acids is 2. The molecule has 198 valence electrons. The molecule has 3 aromatic rings. The molecule has 1 saturated heterocycles. The molecular weight excluding hydrogens is 502 g/mol. The lowest BCUT2D eigenvalue weighted by atomic mass is 10.1. The first kappa shape index (κ1) is 26.9. The molecule has 0 bridgehead atoms. The van der Waals surface area contributed by atoms with Crippen LogP contribution in [-0.4, -0.2) is 55.2 Å². The molecule has 9 heteroatoms. The van der Waals surface area contributed by atoms with Crippen molar-refractivity contribution in [1.82, 2.24) is 4.90 Å². The smallest absolute Gasteiger partial charge is 0.257 e. The molecule has 1 atom stereocenters. The second-order valence-corrected chi connectivity index (χ2v) is 9.03. The summed E-state index contributed by atoms with van der Waals surface area (Å²) < 4.78 is 16.3. The Hall–Kier alpha value is -4.11. The Morgan fingerprint density at radius 2 is 1.71 bits per heavy atom. The summed E-state index contributed by atoms with van der Waals surface area (Å²) in [5, 5.41) is 3.59. The largest absolute Gasteiger partial charge is 0.494 e. The highest BCUT2D eigenvalue weighted by molar-refractivity contribution is 7.80. The van der Waals surface area contributed by atoms with Gasteiger partial charge in [0.15, 0.2) is 16.6 Å². The van der Waals surface area contributed by atoms with Crippen LogP contribution in [0, 0.1) is 0 Å². The van der Waals surface area contributed by atoms with Crippen LogP contribution < -0.4 is 24.4 Å². The van der Waals surface area contributed by atoms with Gasteiger partial charge in [-0.2, -0.15) is 0 Å². The van der Waals surface area contributed by atoms with Crippen molar-refractivity contribution in [1.29, 1.82) is 0 Å². The molecule has 0 unspecified atom stereocenters. The molecule has 0 spiro atoms. The molecule has 3 aromatic carbocycles. The van der Waals surface area contributed by atoms with Gasteiger partial charge >= 0.3 is 0 Å². The van der Waals surface area contributed by atoms with Crippen LogP contribution in [0.1, 0.15) is 18.9 Å². The molecule has 0 saturated carbocycles. The van der Waals surface area contributed by atoms with E-state index in [1.165, 1.54) is 4.90 Å². The molecule has 1 N–H and O–H groups in total. The number of hydrogen-bond donors (Lipinski definition) is 1. The van der Waals surface area contributed by atoms with E-state index in [4.69, 9.17) is 26.4 Å². The molecule has 1 fully saturated rings. The van der Waals surface area contributed by atoms with Gasteiger partial charge in [-0.1, -0.05) is 24.3 Å². The number of ether oxygens (including phenoxy) is 3. The lowest BCUT2D eigenvalue weighted by molar-refractivity contribution is -0.122. The number of benzene rings is 3. The molecule has 0 aliphatic carbocycles. The highest BCUT2D eigenvalue weighted by atomic mass is 32.1. The number of nitrogens with one attached hydrogen (secondary N) is 1. The summed E-state index contributed by atoms with van der Waals surface area (Å²) in [5.41, 5.74) is 2.29. The minimum atomic E-state index is -0.738. The van der Waals surface area contributed by atoms with E-state index >= 15 is 0 Å². The zero-order chi connectivity index (χ0) is 27.1. The number of anilines is 2. The van der Waals surface area contributed by atoms with Crippen molar-refractivity contribution >= 4 is 40.5 Å². The van der Waals surface area contributed by atoms with E-state index in [9.17, 15) is 9.59 Å². The summed E-state index contributed by atoms with van der Waals surface area (Å²) in [6, 6.07) is 21.4. The second kappa shape index (κ2) is 12.4. The fourth-order valence-corrected chi connectivity index (χ4v) is 4.73. The molecule has 0 radical (unpaired) electrons. The highest BCUT2D eigenvalue weighted by Gasteiger charge is 2.43. The van der Waals surface area contributed by atoms with Gasteiger partial charge < -0.3 is 24.4 Å². The number of amides is 2. The third-order valence-electron chi connectivity index (χ3n) is 6.28. The van der Waals surface area contributed by atoms with Crippen LogP contribution in [-0.2, 0) is 16.0 Å². The zero-order valence-electron chi connectivity index (χ0n) is 21.7. The third kappa shape index (κ3) is 6.06. The maximum absolute atomic E-state index is 13.6. The number of nitrogens with zero attached hydrogens (tertiary/aromatic N) is 2. The fraction of sp³-hybridized carbons (Fsp3) is 0.276. The van der Waals surface area contributed by atoms with Crippen molar-refractivity contribution in [2.45, 2.75) is 25.8 Å². The van der Waals surface area contributed by atoms with E-state index in [2.05, 4.69) is 5.32 Å². The number of thiocarbonyl (C=S) groups is 1. The average Bonchev–Trinajstić information content (AvgIpc) is 3.23. The van der Waals surface area contributed by atoms with Crippen molar-refractivity contribution in [2.75, 3.05) is 37.6 Å². The molecule has 1 aliphatic rings. The van der Waals surface area contributed by atoms with E-state index < -0.39 is 6.04 Å². The number of carbonyl (C=O) groups is 2. The van der Waals surface area contributed by atoms with E-state index in [1.807, 2.05) is 55.5 Å². The second-order valence-electron chi connectivity index (χ2n) is 8.64. The zero-order valence-corrected chi connectivity index (χ0v) is 22.5. The molecule has 38 heavy (non-hydrogen) atoms. The Kier molecular flexibility index (Phi) is 8.81. The van der Waals surface area contributed by atoms with Crippen LogP contribution in [0.15, 0.2) is 72.8 Å². The van der Waals surface area contributed by atoms with E-state index in [-0.39, 0.29) is 18.2 Å². The maximum atomic E-state index is 13.6. The number of methoxy groups -OCH3 is 2. The van der Waals surface area contributed by atoms with Crippen LogP contribution in [0.4, 0.5) is 11.4 Å². The third-order valence-corrected chi connectivity index (χ3v) is 6.62. The molecule has 0 aromatic heterocycles. The van der Waals surface area contributed by atoms with E-state index in [0.717, 1.165) is 11.3 Å². The van der Waals surface area contributed by atoms with Gasteiger partial charge in [-0.05, 0) is 79.7 Å². The first-order chi connectivity index (χ1) is 18.4. The Labute approximate surface area is 228 Å². The summed E-state index contributed by atoms with van der Waals surface area (Å²) >= 11 is 5.76. The van der Waals surface area contributed by atoms with Gasteiger partial charge in [-0.3, -0.25) is 9.59 Å². The topological polar surface area (TPSA) is 80.3 Å². The van der Waals surface area contributed by atoms with Crippen molar-refractivity contribution < 1.29 is 23.8 Å². The standard InChI is InChI=1S/C29H31N3O5S/c1-4-37-23-13-11-22(12-14-23)32-27(33)19-24(28(32)34)31(29(38)30-21-8-6-5-7-9-21)17-16-20-10-15-25(35-2)26(18-20)36-3/h5-15,18,24H,4,16-17,19H2,1-3H3,(H,30,38)/t24-/m1/s1. The molecule has 2 amide bonds. The number of para-hydroxylation sites is 1. The number of hydrogen-bond acceptors (Lipinski definition) is 6. The van der Waals surface area contributed by atoms with Gasteiger partial charge in [-0.15, -0.1) is 0 Å². The predicted octanol–water partition coefficient (Wildman–Crippen LogP) is 4.68. The first-order valence-corrected chi connectivity index (χ1v) is 12.8. The number of rotatable bonds is 10. The lowest BCUT2D eigenvalue weighted by Gasteiger charge is -2.30. The molecule has 4 rings (SSSR count). The Balaban J connectivity index is 1.57. The average molecular weight is 534 g/mol. The maximum Gasteiger partial charge on any atom is 0.257 e. The van der Waals surface area contributed by atoms with Gasteiger partial charge in [0.1, 0.15) is 11.8 Å². The lowest BCUT2D eigenvalue weighted by Crippen LogP contribution is -2.48. The summed E-state index contributed by atoms with van der Waals surface area (Å²) in [6.07, 6.45) is 0.590. The van der Waals surface area contributed by atoms with Crippen LogP contribution in [0.5, 0.6) is 17.2 Å². The number of imide groups is 1. The van der Waals surface area contributed by atoms with Gasteiger partial charge in [0.2, 0.25) is 5.91 Å². The Morgan fingerprint density at radius 3 is 2.37 bits per heavy atom. The van der Waals surface area contributed by atoms with Gasteiger partial charge in [0.25, 0.3) is 5.91 Å². The SMILES string of the molecule is CCOc1ccc(N2C(=O)C[C@@H](N(CCc3ccc(OC)c(OC)c3)C(=S)Nc3ccccc3)C2=O)cc1. The summed E-state index contributed by atoms with van der Waals surface area (Å²) in [7, 11) is 3.18. The Morgan fingerprint density at radius 1 is 1.00 bits per heavy atom. The fourth-order valence-electron chi connectivity index (χ4n) is 4.39. The van der Waals surface area contributed by atoms with Gasteiger partial charge in [0.05, 0.1) is 32.9 Å². The monoisotopic (exact) mass is 533 g/mol. The molecule has 1 aliphatic heterocycles. The van der Waals surface area contributed by atoms with E-state index in [0.29, 0.717) is 47.6 Å². The first-order valence-electron chi connectivity index (χ1n) is 12.4. The van der Waals surface area contributed by atoms with Gasteiger partial charge in [-0.25, -0.2) is 4.90 Å².